The minimum atomic E-state index is -0.575. The lowest BCUT2D eigenvalue weighted by molar-refractivity contribution is -0.384. The van der Waals surface area contributed by atoms with Crippen LogP contribution in [0, 0.1) is 16.0 Å². The topological polar surface area (TPSA) is 119 Å². The third kappa shape index (κ3) is 4.29. The van der Waals surface area contributed by atoms with Gasteiger partial charge in [0.05, 0.1) is 16.5 Å². The molecule has 0 spiro atoms. The van der Waals surface area contributed by atoms with E-state index in [1.807, 2.05) is 0 Å². The molecule has 1 aromatic heterocycles. The van der Waals surface area contributed by atoms with Crippen molar-refractivity contribution in [3.63, 3.8) is 0 Å². The van der Waals surface area contributed by atoms with E-state index in [1.54, 1.807) is 0 Å². The number of hydrogen-bond acceptors (Lipinski definition) is 6. The van der Waals surface area contributed by atoms with Gasteiger partial charge in [0, 0.05) is 25.6 Å². The van der Waals surface area contributed by atoms with Crippen molar-refractivity contribution in [2.45, 2.75) is 32.2 Å². The highest BCUT2D eigenvalue weighted by Gasteiger charge is 2.15. The van der Waals surface area contributed by atoms with E-state index in [0.29, 0.717) is 37.4 Å². The maximum absolute atomic E-state index is 12.0. The maximum atomic E-state index is 12.0. The Balaban J connectivity index is 1.52. The molecule has 1 fully saturated rings. The number of oxazole rings is 1. The predicted octanol–water partition coefficient (Wildman–Crippen LogP) is 1.40. The van der Waals surface area contributed by atoms with Crippen molar-refractivity contribution in [3.05, 3.63) is 38.9 Å². The monoisotopic (exact) mass is 362 g/mol. The summed E-state index contributed by atoms with van der Waals surface area (Å²) in [7, 11) is 0. The van der Waals surface area contributed by atoms with Crippen molar-refractivity contribution in [1.29, 1.82) is 0 Å². The zero-order valence-electron chi connectivity index (χ0n) is 14.4. The van der Waals surface area contributed by atoms with Crippen LogP contribution >= 0.6 is 0 Å². The van der Waals surface area contributed by atoms with Gasteiger partial charge in [0.25, 0.3) is 5.69 Å². The van der Waals surface area contributed by atoms with Gasteiger partial charge < -0.3 is 15.1 Å². The van der Waals surface area contributed by atoms with Crippen LogP contribution in [0.1, 0.15) is 25.7 Å². The first-order chi connectivity index (χ1) is 12.5. The molecule has 1 unspecified atom stereocenters. The number of nitrogens with zero attached hydrogens (tertiary/aromatic N) is 2. The molecule has 1 amide bonds. The molecular weight excluding hydrogens is 340 g/mol. The molecule has 140 valence electrons. The molecule has 2 heterocycles. The summed E-state index contributed by atoms with van der Waals surface area (Å²) in [6.07, 6.45) is 3.05. The third-order valence-electron chi connectivity index (χ3n) is 4.64. The first kappa shape index (κ1) is 18.1. The summed E-state index contributed by atoms with van der Waals surface area (Å²) in [5, 5.41) is 17.0. The molecule has 3 rings (SSSR count). The Morgan fingerprint density at radius 2 is 2.31 bits per heavy atom. The van der Waals surface area contributed by atoms with Gasteiger partial charge in [-0.25, -0.2) is 4.79 Å². The Labute approximate surface area is 149 Å². The summed E-state index contributed by atoms with van der Waals surface area (Å²) < 4.78 is 6.47. The molecular formula is C17H22N4O5. The Morgan fingerprint density at radius 3 is 3.04 bits per heavy atom. The Morgan fingerprint density at radius 1 is 1.46 bits per heavy atom. The Kier molecular flexibility index (Phi) is 5.67. The van der Waals surface area contributed by atoms with E-state index in [1.165, 1.54) is 22.8 Å². The van der Waals surface area contributed by atoms with Crippen LogP contribution in [0.3, 0.4) is 0 Å². The number of aryl methyl sites for hydroxylation is 1. The van der Waals surface area contributed by atoms with Crippen molar-refractivity contribution < 1.29 is 14.1 Å². The van der Waals surface area contributed by atoms with Gasteiger partial charge in [0.2, 0.25) is 5.91 Å². The minimum Gasteiger partial charge on any atom is -0.407 e. The molecule has 0 aliphatic carbocycles. The zero-order valence-corrected chi connectivity index (χ0v) is 14.4. The van der Waals surface area contributed by atoms with E-state index >= 15 is 0 Å². The number of benzene rings is 1. The predicted molar refractivity (Wildman–Crippen MR) is 95.0 cm³/mol. The number of rotatable bonds is 7. The number of hydrogen-bond donors (Lipinski definition) is 2. The van der Waals surface area contributed by atoms with Gasteiger partial charge in [-0.3, -0.25) is 19.5 Å². The standard InChI is InChI=1S/C17H22N4O5/c22-16(19-11-12-3-1-7-18-10-12)4-2-8-20-14-6-5-13(21(24)25)9-15(14)26-17(20)23/h5-6,9,12,18H,1-4,7-8,10-11H2,(H,19,22). The molecule has 1 aliphatic heterocycles. The number of nitrogens with one attached hydrogen (secondary N) is 2. The maximum Gasteiger partial charge on any atom is 0.419 e. The van der Waals surface area contributed by atoms with Crippen LogP contribution in [0.25, 0.3) is 11.1 Å². The van der Waals surface area contributed by atoms with Crippen LogP contribution in [-0.2, 0) is 11.3 Å². The average molecular weight is 362 g/mol. The van der Waals surface area contributed by atoms with Crippen molar-refractivity contribution in [2.24, 2.45) is 5.92 Å². The molecule has 1 saturated heterocycles. The highest BCUT2D eigenvalue weighted by Crippen LogP contribution is 2.20. The highest BCUT2D eigenvalue weighted by atomic mass is 16.6. The number of fused-ring (bicyclic) bond motifs is 1. The molecule has 2 N–H and O–H groups in total. The smallest absolute Gasteiger partial charge is 0.407 e. The molecule has 0 bridgehead atoms. The summed E-state index contributed by atoms with van der Waals surface area (Å²) in [6, 6.07) is 4.06. The number of aromatic nitrogens is 1. The lowest BCUT2D eigenvalue weighted by Gasteiger charge is -2.22. The summed E-state index contributed by atoms with van der Waals surface area (Å²) in [5.41, 5.74) is 0.544. The Hall–Kier alpha value is -2.68. The number of non-ortho nitro benzene ring substituents is 1. The van der Waals surface area contributed by atoms with Crippen LogP contribution in [0.2, 0.25) is 0 Å². The van der Waals surface area contributed by atoms with Crippen LogP contribution in [0.5, 0.6) is 0 Å². The van der Waals surface area contributed by atoms with Crippen molar-refractivity contribution in [3.8, 4) is 0 Å². The number of amides is 1. The first-order valence-electron chi connectivity index (χ1n) is 8.80. The SMILES string of the molecule is O=C(CCCn1c(=O)oc2cc([N+](=O)[O-])ccc21)NCC1CCCNC1. The molecule has 1 atom stereocenters. The van der Waals surface area contributed by atoms with Crippen molar-refractivity contribution in [1.82, 2.24) is 15.2 Å². The summed E-state index contributed by atoms with van der Waals surface area (Å²) in [6.45, 7) is 2.97. The molecule has 0 saturated carbocycles. The fraction of sp³-hybridized carbons (Fsp3) is 0.529. The van der Waals surface area contributed by atoms with Crippen molar-refractivity contribution >= 4 is 22.7 Å². The van der Waals surface area contributed by atoms with Crippen LogP contribution < -0.4 is 16.4 Å². The first-order valence-corrected chi connectivity index (χ1v) is 8.80. The van der Waals surface area contributed by atoms with Gasteiger partial charge in [-0.2, -0.15) is 0 Å². The molecule has 9 nitrogen and oxygen atoms in total. The van der Waals surface area contributed by atoms with E-state index in [2.05, 4.69) is 10.6 Å². The quantitative estimate of drug-likeness (QED) is 0.567. The zero-order chi connectivity index (χ0) is 18.5. The van der Waals surface area contributed by atoms with Crippen LogP contribution in [0.15, 0.2) is 27.4 Å². The van der Waals surface area contributed by atoms with Gasteiger partial charge in [-0.15, -0.1) is 0 Å². The summed E-state index contributed by atoms with van der Waals surface area (Å²) in [5.74, 6) is -0.134. The van der Waals surface area contributed by atoms with E-state index in [4.69, 9.17) is 4.42 Å². The molecule has 1 aromatic carbocycles. The van der Waals surface area contributed by atoms with E-state index < -0.39 is 10.7 Å². The lowest BCUT2D eigenvalue weighted by atomic mass is 10.00. The van der Waals surface area contributed by atoms with Gasteiger partial charge in [0.15, 0.2) is 5.58 Å². The van der Waals surface area contributed by atoms with Gasteiger partial charge in [0.1, 0.15) is 0 Å². The third-order valence-corrected chi connectivity index (χ3v) is 4.64. The summed E-state index contributed by atoms with van der Waals surface area (Å²) in [4.78, 5) is 34.2. The number of nitro benzene ring substituents is 1. The second-order valence-electron chi connectivity index (χ2n) is 6.55. The van der Waals surface area contributed by atoms with Crippen LogP contribution in [0.4, 0.5) is 5.69 Å². The molecule has 0 radical (unpaired) electrons. The molecule has 26 heavy (non-hydrogen) atoms. The average Bonchev–Trinajstić information content (AvgIpc) is 2.95. The summed E-state index contributed by atoms with van der Waals surface area (Å²) >= 11 is 0. The van der Waals surface area contributed by atoms with E-state index in [0.717, 1.165) is 25.9 Å². The molecule has 1 aliphatic rings. The van der Waals surface area contributed by atoms with Gasteiger partial charge in [-0.1, -0.05) is 0 Å². The van der Waals surface area contributed by atoms with Gasteiger partial charge in [-0.05, 0) is 44.3 Å². The second-order valence-corrected chi connectivity index (χ2v) is 6.55. The van der Waals surface area contributed by atoms with Crippen molar-refractivity contribution in [2.75, 3.05) is 19.6 Å². The van der Waals surface area contributed by atoms with Gasteiger partial charge >= 0.3 is 5.76 Å². The number of carbonyl (C=O) groups excluding carboxylic acids is 1. The van der Waals surface area contributed by atoms with E-state index in [-0.39, 0.29) is 17.2 Å². The fourth-order valence-corrected chi connectivity index (χ4v) is 3.22. The normalized spacial score (nSPS) is 17.3. The lowest BCUT2D eigenvalue weighted by Crippen LogP contribution is -2.38. The molecule has 9 heteroatoms. The number of nitro groups is 1. The van der Waals surface area contributed by atoms with E-state index in [9.17, 15) is 19.7 Å². The Bertz CT molecular complexity index is 850. The number of carbonyl (C=O) groups is 1. The second kappa shape index (κ2) is 8.13. The largest absolute Gasteiger partial charge is 0.419 e. The minimum absolute atomic E-state index is 0.0351. The molecule has 2 aromatic rings. The fourth-order valence-electron chi connectivity index (χ4n) is 3.22. The van der Waals surface area contributed by atoms with Crippen LogP contribution in [-0.4, -0.2) is 35.0 Å². The highest BCUT2D eigenvalue weighted by molar-refractivity contribution is 5.76. The number of piperidine rings is 1.